The minimum Gasteiger partial charge on any atom is -0.334 e. The molecule has 0 fully saturated rings. The van der Waals surface area contributed by atoms with Gasteiger partial charge in [0.15, 0.2) is 0 Å². The van der Waals surface area contributed by atoms with Gasteiger partial charge in [-0.15, -0.1) is 0 Å². The number of alkyl halides is 3. The Hall–Kier alpha value is -4.38. The van der Waals surface area contributed by atoms with E-state index in [4.69, 9.17) is 0 Å². The molecule has 1 aromatic heterocycles. The van der Waals surface area contributed by atoms with Crippen molar-refractivity contribution in [2.45, 2.75) is 17.6 Å². The third-order valence-electron chi connectivity index (χ3n) is 5.25. The predicted octanol–water partition coefficient (Wildman–Crippen LogP) is 5.89. The van der Waals surface area contributed by atoms with Crippen LogP contribution in [0.4, 0.5) is 29.3 Å². The third kappa shape index (κ3) is 6.64. The molecule has 0 aliphatic carbocycles. The minimum atomic E-state index is -4.72. The van der Waals surface area contributed by atoms with Gasteiger partial charge in [-0.25, -0.2) is 13.2 Å². The highest BCUT2D eigenvalue weighted by Crippen LogP contribution is 2.36. The Kier molecular flexibility index (Phi) is 7.44. The molecule has 11 heteroatoms. The Morgan fingerprint density at radius 1 is 0.865 bits per heavy atom. The summed E-state index contributed by atoms with van der Waals surface area (Å²) >= 11 is 0. The first-order chi connectivity index (χ1) is 17.6. The fourth-order valence-electron chi connectivity index (χ4n) is 3.47. The molecule has 0 saturated carbocycles. The molecule has 7 nitrogen and oxygen atoms in total. The van der Waals surface area contributed by atoms with E-state index in [0.717, 1.165) is 17.7 Å². The molecule has 4 rings (SSSR count). The Labute approximate surface area is 211 Å². The van der Waals surface area contributed by atoms with Gasteiger partial charge in [-0.05, 0) is 53.6 Å². The third-order valence-corrected chi connectivity index (χ3v) is 6.68. The highest BCUT2D eigenvalue weighted by atomic mass is 32.2. The van der Waals surface area contributed by atoms with Crippen LogP contribution < -0.4 is 15.4 Å². The van der Waals surface area contributed by atoms with E-state index in [0.29, 0.717) is 17.3 Å². The lowest BCUT2D eigenvalue weighted by Gasteiger charge is -2.16. The van der Waals surface area contributed by atoms with Gasteiger partial charge in [0.1, 0.15) is 0 Å². The number of sulfonamides is 1. The second-order valence-corrected chi connectivity index (χ2v) is 9.58. The first-order valence-corrected chi connectivity index (χ1v) is 12.4. The zero-order valence-electron chi connectivity index (χ0n) is 19.2. The topological polar surface area (TPSA) is 100 Å². The van der Waals surface area contributed by atoms with Gasteiger partial charge in [0.05, 0.1) is 10.5 Å². The molecule has 0 aliphatic rings. The van der Waals surface area contributed by atoms with Crippen molar-refractivity contribution in [2.75, 3.05) is 10.0 Å². The second kappa shape index (κ2) is 10.7. The average Bonchev–Trinajstić information content (AvgIpc) is 2.89. The normalized spacial score (nSPS) is 11.5. The Bertz CT molecular complexity index is 1480. The molecule has 3 N–H and O–H groups in total. The number of halogens is 3. The zero-order chi connectivity index (χ0) is 26.5. The molecular formula is C26H21F3N4O3S. The van der Waals surface area contributed by atoms with Crippen LogP contribution in [-0.4, -0.2) is 19.4 Å². The monoisotopic (exact) mass is 526 g/mol. The number of carbonyl (C=O) groups excluding carboxylic acids is 1. The molecule has 0 spiro atoms. The van der Waals surface area contributed by atoms with Gasteiger partial charge < -0.3 is 10.6 Å². The average molecular weight is 527 g/mol. The maximum atomic E-state index is 13.4. The van der Waals surface area contributed by atoms with Crippen LogP contribution in [0.3, 0.4) is 0 Å². The van der Waals surface area contributed by atoms with Gasteiger partial charge in [0.25, 0.3) is 10.0 Å². The lowest BCUT2D eigenvalue weighted by atomic mass is 10.0. The van der Waals surface area contributed by atoms with E-state index < -0.39 is 32.7 Å². The van der Waals surface area contributed by atoms with E-state index in [1.165, 1.54) is 24.3 Å². The van der Waals surface area contributed by atoms with E-state index >= 15 is 0 Å². The van der Waals surface area contributed by atoms with E-state index in [1.54, 1.807) is 48.8 Å². The Morgan fingerprint density at radius 2 is 1.57 bits per heavy atom. The highest BCUT2D eigenvalue weighted by molar-refractivity contribution is 7.92. The fourth-order valence-corrected chi connectivity index (χ4v) is 4.78. The number of hydrogen-bond donors (Lipinski definition) is 3. The summed E-state index contributed by atoms with van der Waals surface area (Å²) in [5.41, 5.74) is 0.808. The van der Waals surface area contributed by atoms with Crippen molar-refractivity contribution >= 4 is 27.4 Å². The molecule has 0 radical (unpaired) electrons. The molecule has 0 aliphatic heterocycles. The summed E-state index contributed by atoms with van der Waals surface area (Å²) in [5, 5.41) is 5.28. The highest BCUT2D eigenvalue weighted by Gasteiger charge is 2.33. The molecule has 3 aromatic carbocycles. The van der Waals surface area contributed by atoms with Crippen molar-refractivity contribution in [1.29, 1.82) is 0 Å². The zero-order valence-corrected chi connectivity index (χ0v) is 20.0. The van der Waals surface area contributed by atoms with Gasteiger partial charge in [0.2, 0.25) is 0 Å². The van der Waals surface area contributed by atoms with E-state index in [2.05, 4.69) is 20.3 Å². The summed E-state index contributed by atoms with van der Waals surface area (Å²) < 4.78 is 68.8. The molecule has 190 valence electrons. The number of benzene rings is 3. The van der Waals surface area contributed by atoms with Crippen molar-refractivity contribution in [2.24, 2.45) is 0 Å². The summed E-state index contributed by atoms with van der Waals surface area (Å²) in [6.45, 7) is 0.262. The Balaban J connectivity index is 1.51. The van der Waals surface area contributed by atoms with Gasteiger partial charge >= 0.3 is 12.2 Å². The number of carbonyl (C=O) groups is 1. The number of pyridine rings is 1. The summed E-state index contributed by atoms with van der Waals surface area (Å²) in [6, 6.07) is 19.7. The van der Waals surface area contributed by atoms with Crippen molar-refractivity contribution in [1.82, 2.24) is 10.3 Å². The first kappa shape index (κ1) is 25.7. The standard InChI is InChI=1S/C26H21F3N4O3S/c27-26(28,29)20-8-13-23(19-6-2-1-3-7-19)24(15-20)37(35,36)33-22-11-9-21(10-12-22)32-25(34)31-17-18-5-4-14-30-16-18/h1-16,33H,17H2,(H2,31,32,34). The summed E-state index contributed by atoms with van der Waals surface area (Å²) in [4.78, 5) is 15.6. The van der Waals surface area contributed by atoms with Crippen LogP contribution >= 0.6 is 0 Å². The summed E-state index contributed by atoms with van der Waals surface area (Å²) in [6.07, 6.45) is -1.48. The number of urea groups is 1. The number of hydrogen-bond acceptors (Lipinski definition) is 4. The quantitative estimate of drug-likeness (QED) is 0.280. The number of anilines is 2. The molecule has 0 saturated heterocycles. The predicted molar refractivity (Wildman–Crippen MR) is 134 cm³/mol. The van der Waals surface area contributed by atoms with Crippen LogP contribution in [0, 0.1) is 0 Å². The SMILES string of the molecule is O=C(NCc1cccnc1)Nc1ccc(NS(=O)(=O)c2cc(C(F)(F)F)ccc2-c2ccccc2)cc1. The van der Waals surface area contributed by atoms with Gasteiger partial charge in [-0.1, -0.05) is 42.5 Å². The number of rotatable bonds is 7. The van der Waals surface area contributed by atoms with Crippen LogP contribution in [0.1, 0.15) is 11.1 Å². The van der Waals surface area contributed by atoms with Gasteiger partial charge in [-0.3, -0.25) is 9.71 Å². The number of nitrogens with zero attached hydrogens (tertiary/aromatic N) is 1. The van der Waals surface area contributed by atoms with Crippen LogP contribution in [0.5, 0.6) is 0 Å². The van der Waals surface area contributed by atoms with E-state index in [9.17, 15) is 26.4 Å². The molecule has 0 unspecified atom stereocenters. The first-order valence-electron chi connectivity index (χ1n) is 11.0. The smallest absolute Gasteiger partial charge is 0.334 e. The van der Waals surface area contributed by atoms with Crippen molar-refractivity contribution in [3.05, 3.63) is 108 Å². The second-order valence-electron chi connectivity index (χ2n) is 7.93. The maximum absolute atomic E-state index is 13.4. The van der Waals surface area contributed by atoms with Crippen LogP contribution in [0.25, 0.3) is 11.1 Å². The lowest BCUT2D eigenvalue weighted by Crippen LogP contribution is -2.28. The van der Waals surface area contributed by atoms with Crippen LogP contribution in [0.15, 0.2) is 102 Å². The number of aromatic nitrogens is 1. The molecule has 4 aromatic rings. The summed E-state index contributed by atoms with van der Waals surface area (Å²) in [7, 11) is -4.41. The molecule has 2 amide bonds. The molecular weight excluding hydrogens is 505 g/mol. The van der Waals surface area contributed by atoms with Gasteiger partial charge in [0, 0.05) is 35.9 Å². The largest absolute Gasteiger partial charge is 0.416 e. The fraction of sp³-hybridized carbons (Fsp3) is 0.0769. The van der Waals surface area contributed by atoms with Crippen LogP contribution in [-0.2, 0) is 22.7 Å². The van der Waals surface area contributed by atoms with Crippen molar-refractivity contribution in [3.8, 4) is 11.1 Å². The summed E-state index contributed by atoms with van der Waals surface area (Å²) in [5.74, 6) is 0. The van der Waals surface area contributed by atoms with Crippen LogP contribution in [0.2, 0.25) is 0 Å². The van der Waals surface area contributed by atoms with E-state index in [1.807, 2.05) is 6.07 Å². The Morgan fingerprint density at radius 3 is 2.22 bits per heavy atom. The van der Waals surface area contributed by atoms with Crippen molar-refractivity contribution < 1.29 is 26.4 Å². The maximum Gasteiger partial charge on any atom is 0.416 e. The molecule has 0 bridgehead atoms. The minimum absolute atomic E-state index is 0.109. The molecule has 37 heavy (non-hydrogen) atoms. The van der Waals surface area contributed by atoms with Gasteiger partial charge in [-0.2, -0.15) is 13.2 Å². The number of nitrogens with one attached hydrogen (secondary N) is 3. The molecule has 0 atom stereocenters. The lowest BCUT2D eigenvalue weighted by molar-refractivity contribution is -0.137. The number of amides is 2. The van der Waals surface area contributed by atoms with Crippen molar-refractivity contribution in [3.63, 3.8) is 0 Å². The molecule has 1 heterocycles. The van der Waals surface area contributed by atoms with E-state index in [-0.39, 0.29) is 17.8 Å².